The van der Waals surface area contributed by atoms with Crippen molar-refractivity contribution < 1.29 is 14.6 Å². The number of anilines is 1. The second kappa shape index (κ2) is 6.36. The predicted molar refractivity (Wildman–Crippen MR) is 70.2 cm³/mol. The van der Waals surface area contributed by atoms with Crippen molar-refractivity contribution in [3.63, 3.8) is 0 Å². The Kier molecular flexibility index (Phi) is 4.54. The summed E-state index contributed by atoms with van der Waals surface area (Å²) in [5.41, 5.74) is 0. The fourth-order valence-electron chi connectivity index (χ4n) is 2.15. The third kappa shape index (κ3) is 4.08. The number of carbonyl (C=O) groups is 1. The minimum Gasteiger partial charge on any atom is -0.480 e. The molecule has 2 rings (SSSR count). The molecule has 1 aliphatic carbocycles. The second-order valence-electron chi connectivity index (χ2n) is 4.91. The van der Waals surface area contributed by atoms with Gasteiger partial charge in [0.1, 0.15) is 11.9 Å². The number of hydrogen-bond acceptors (Lipinski definition) is 5. The number of ether oxygens (including phenoxy) is 1. The maximum Gasteiger partial charge on any atom is 0.325 e. The van der Waals surface area contributed by atoms with E-state index in [-0.39, 0.29) is 0 Å². The van der Waals surface area contributed by atoms with Gasteiger partial charge in [-0.05, 0) is 25.7 Å². The van der Waals surface area contributed by atoms with E-state index < -0.39 is 12.0 Å². The highest BCUT2D eigenvalue weighted by Crippen LogP contribution is 2.25. The zero-order valence-electron chi connectivity index (χ0n) is 11.0. The van der Waals surface area contributed by atoms with Crippen molar-refractivity contribution in [2.45, 2.75) is 38.6 Å². The first-order valence-corrected chi connectivity index (χ1v) is 6.59. The van der Waals surface area contributed by atoms with Crippen LogP contribution in [0.5, 0.6) is 5.88 Å². The molecule has 1 saturated carbocycles. The summed E-state index contributed by atoms with van der Waals surface area (Å²) in [5.74, 6) is 0.531. The van der Waals surface area contributed by atoms with Crippen molar-refractivity contribution in [1.82, 2.24) is 9.97 Å². The van der Waals surface area contributed by atoms with Crippen LogP contribution in [0.4, 0.5) is 5.82 Å². The zero-order chi connectivity index (χ0) is 13.7. The van der Waals surface area contributed by atoms with Crippen LogP contribution in [0.15, 0.2) is 12.4 Å². The first-order chi connectivity index (χ1) is 9.15. The van der Waals surface area contributed by atoms with Gasteiger partial charge >= 0.3 is 5.97 Å². The Balaban J connectivity index is 1.88. The molecular formula is C13H19N3O3. The van der Waals surface area contributed by atoms with Gasteiger partial charge in [-0.2, -0.15) is 4.98 Å². The van der Waals surface area contributed by atoms with E-state index in [0.29, 0.717) is 24.2 Å². The van der Waals surface area contributed by atoms with Gasteiger partial charge in [-0.25, -0.2) is 0 Å². The van der Waals surface area contributed by atoms with Crippen molar-refractivity contribution in [3.05, 3.63) is 12.4 Å². The Bertz CT molecular complexity index is 433. The third-order valence-electron chi connectivity index (χ3n) is 3.29. The summed E-state index contributed by atoms with van der Waals surface area (Å²) in [4.78, 5) is 18.9. The molecule has 0 spiro atoms. The van der Waals surface area contributed by atoms with Crippen LogP contribution in [-0.4, -0.2) is 33.7 Å². The molecule has 6 heteroatoms. The Morgan fingerprint density at radius 1 is 1.53 bits per heavy atom. The number of rotatable bonds is 6. The molecule has 1 heterocycles. The van der Waals surface area contributed by atoms with E-state index in [1.54, 1.807) is 13.1 Å². The summed E-state index contributed by atoms with van der Waals surface area (Å²) < 4.78 is 5.61. The Morgan fingerprint density at radius 2 is 2.26 bits per heavy atom. The molecule has 19 heavy (non-hydrogen) atoms. The highest BCUT2D eigenvalue weighted by molar-refractivity contribution is 5.76. The third-order valence-corrected chi connectivity index (χ3v) is 3.29. The molecule has 0 unspecified atom stereocenters. The van der Waals surface area contributed by atoms with Crippen LogP contribution in [-0.2, 0) is 4.79 Å². The molecule has 0 bridgehead atoms. The number of carboxylic acid groups (broad SMARTS) is 1. The molecular weight excluding hydrogens is 246 g/mol. The molecule has 1 aromatic rings. The topological polar surface area (TPSA) is 84.3 Å². The lowest BCUT2D eigenvalue weighted by Crippen LogP contribution is -2.26. The van der Waals surface area contributed by atoms with E-state index in [4.69, 9.17) is 9.84 Å². The number of aliphatic carboxylic acids is 1. The molecule has 0 amide bonds. The van der Waals surface area contributed by atoms with Crippen LogP contribution in [0.2, 0.25) is 0 Å². The highest BCUT2D eigenvalue weighted by Gasteiger charge is 2.16. The van der Waals surface area contributed by atoms with Crippen molar-refractivity contribution in [2.75, 3.05) is 11.9 Å². The first kappa shape index (κ1) is 13.6. The van der Waals surface area contributed by atoms with Gasteiger partial charge in [-0.1, -0.05) is 12.8 Å². The van der Waals surface area contributed by atoms with E-state index >= 15 is 0 Å². The van der Waals surface area contributed by atoms with Gasteiger partial charge < -0.3 is 15.2 Å². The monoisotopic (exact) mass is 265 g/mol. The molecule has 6 nitrogen and oxygen atoms in total. The lowest BCUT2D eigenvalue weighted by atomic mass is 10.1. The Hall–Kier alpha value is -1.85. The number of hydrogen-bond donors (Lipinski definition) is 2. The van der Waals surface area contributed by atoms with Gasteiger partial charge in [-0.3, -0.25) is 9.78 Å². The molecule has 1 atom stereocenters. The lowest BCUT2D eigenvalue weighted by molar-refractivity contribution is -0.137. The number of aromatic nitrogens is 2. The van der Waals surface area contributed by atoms with E-state index in [0.717, 1.165) is 0 Å². The number of nitrogens with one attached hydrogen (secondary N) is 1. The van der Waals surface area contributed by atoms with Crippen molar-refractivity contribution >= 4 is 11.8 Å². The van der Waals surface area contributed by atoms with Crippen LogP contribution in [0.25, 0.3) is 0 Å². The molecule has 1 aliphatic rings. The summed E-state index contributed by atoms with van der Waals surface area (Å²) >= 11 is 0. The molecule has 0 aromatic carbocycles. The maximum absolute atomic E-state index is 10.7. The van der Waals surface area contributed by atoms with Crippen molar-refractivity contribution in [3.8, 4) is 5.88 Å². The standard InChI is InChI=1S/C13H19N3O3/c1-9(13(17)18)15-11-6-14-7-12(16-11)19-8-10-4-2-3-5-10/h6-7,9-10H,2-5,8H2,1H3,(H,15,16)(H,17,18)/t9-/m0/s1. The minimum absolute atomic E-state index is 0.416. The summed E-state index contributed by atoms with van der Waals surface area (Å²) in [6, 6.07) is -0.709. The van der Waals surface area contributed by atoms with Crippen molar-refractivity contribution in [2.24, 2.45) is 5.92 Å². The van der Waals surface area contributed by atoms with Crippen LogP contribution in [0, 0.1) is 5.92 Å². The van der Waals surface area contributed by atoms with Crippen LogP contribution in [0.3, 0.4) is 0 Å². The molecule has 0 radical (unpaired) electrons. The molecule has 1 aromatic heterocycles. The maximum atomic E-state index is 10.7. The number of carboxylic acids is 1. The lowest BCUT2D eigenvalue weighted by Gasteiger charge is -2.12. The fraction of sp³-hybridized carbons (Fsp3) is 0.615. The van der Waals surface area contributed by atoms with E-state index in [2.05, 4.69) is 15.3 Å². The smallest absolute Gasteiger partial charge is 0.325 e. The van der Waals surface area contributed by atoms with Gasteiger partial charge in [0.05, 0.1) is 19.0 Å². The fourth-order valence-corrected chi connectivity index (χ4v) is 2.15. The normalized spacial score (nSPS) is 17.1. The Labute approximate surface area is 112 Å². The van der Waals surface area contributed by atoms with Gasteiger partial charge in [0, 0.05) is 0 Å². The summed E-state index contributed by atoms with van der Waals surface area (Å²) in [6.45, 7) is 2.21. The van der Waals surface area contributed by atoms with Crippen LogP contribution < -0.4 is 10.1 Å². The van der Waals surface area contributed by atoms with Crippen LogP contribution in [0.1, 0.15) is 32.6 Å². The quantitative estimate of drug-likeness (QED) is 0.817. The summed E-state index contributed by atoms with van der Waals surface area (Å²) in [5, 5.41) is 11.6. The van der Waals surface area contributed by atoms with E-state index in [1.807, 2.05) is 0 Å². The van der Waals surface area contributed by atoms with Gasteiger partial charge in [0.15, 0.2) is 0 Å². The molecule has 104 valence electrons. The van der Waals surface area contributed by atoms with Gasteiger partial charge in [0.2, 0.25) is 5.88 Å². The largest absolute Gasteiger partial charge is 0.480 e. The molecule has 2 N–H and O–H groups in total. The second-order valence-corrected chi connectivity index (χ2v) is 4.91. The molecule has 0 aliphatic heterocycles. The van der Waals surface area contributed by atoms with Crippen molar-refractivity contribution in [1.29, 1.82) is 0 Å². The average Bonchev–Trinajstić information content (AvgIpc) is 2.90. The zero-order valence-corrected chi connectivity index (χ0v) is 11.0. The first-order valence-electron chi connectivity index (χ1n) is 6.59. The minimum atomic E-state index is -0.931. The SMILES string of the molecule is C[C@H](Nc1cncc(OCC2CCCC2)n1)C(=O)O. The van der Waals surface area contributed by atoms with E-state index in [9.17, 15) is 4.79 Å². The van der Waals surface area contributed by atoms with Gasteiger partial charge in [0.25, 0.3) is 0 Å². The van der Waals surface area contributed by atoms with Gasteiger partial charge in [-0.15, -0.1) is 0 Å². The average molecular weight is 265 g/mol. The molecule has 0 saturated heterocycles. The number of nitrogens with zero attached hydrogens (tertiary/aromatic N) is 2. The highest BCUT2D eigenvalue weighted by atomic mass is 16.5. The molecule has 1 fully saturated rings. The summed E-state index contributed by atoms with van der Waals surface area (Å²) in [6.07, 6.45) is 8.01. The van der Waals surface area contributed by atoms with E-state index in [1.165, 1.54) is 31.9 Å². The predicted octanol–water partition coefficient (Wildman–Crippen LogP) is 1.93. The Morgan fingerprint density at radius 3 is 2.95 bits per heavy atom. The summed E-state index contributed by atoms with van der Waals surface area (Å²) in [7, 11) is 0. The van der Waals surface area contributed by atoms with Crippen LogP contribution >= 0.6 is 0 Å².